The van der Waals surface area contributed by atoms with Crippen LogP contribution in [0, 0.1) is 17.7 Å². The summed E-state index contributed by atoms with van der Waals surface area (Å²) in [7, 11) is 0. The Kier molecular flexibility index (Phi) is 6.09. The molecule has 0 saturated carbocycles. The van der Waals surface area contributed by atoms with Crippen molar-refractivity contribution in [1.29, 1.82) is 0 Å². The Morgan fingerprint density at radius 1 is 1.26 bits per heavy atom. The van der Waals surface area contributed by atoms with Gasteiger partial charge in [-0.15, -0.1) is 0 Å². The number of carbonyl (C=O) groups excluding carboxylic acids is 2. The summed E-state index contributed by atoms with van der Waals surface area (Å²) in [4.78, 5) is 37.5. The van der Waals surface area contributed by atoms with Gasteiger partial charge in [-0.1, -0.05) is 26.0 Å². The monoisotopic (exact) mass is 427 g/mol. The summed E-state index contributed by atoms with van der Waals surface area (Å²) in [5, 5.41) is 3.05. The summed E-state index contributed by atoms with van der Waals surface area (Å²) in [6.07, 6.45) is 5.40. The minimum absolute atomic E-state index is 0.0165. The van der Waals surface area contributed by atoms with E-state index in [0.717, 1.165) is 43.9 Å². The first-order valence-corrected chi connectivity index (χ1v) is 11.0. The number of carbonyl (C=O) groups is 2. The molecule has 0 aliphatic carbocycles. The maximum atomic E-state index is 13.9. The molecule has 3 amide bonds. The number of aromatic nitrogens is 2. The van der Waals surface area contributed by atoms with Crippen LogP contribution < -0.4 is 5.32 Å². The van der Waals surface area contributed by atoms with Gasteiger partial charge in [0, 0.05) is 25.4 Å². The zero-order valence-electron chi connectivity index (χ0n) is 18.1. The van der Waals surface area contributed by atoms with Gasteiger partial charge in [0.05, 0.1) is 6.54 Å². The molecule has 2 aliphatic rings. The fraction of sp³-hybridized carbons (Fsp3) is 0.522. The molecule has 2 fully saturated rings. The van der Waals surface area contributed by atoms with Crippen molar-refractivity contribution in [3.8, 4) is 0 Å². The van der Waals surface area contributed by atoms with E-state index in [0.29, 0.717) is 13.0 Å². The van der Waals surface area contributed by atoms with E-state index >= 15 is 0 Å². The molecule has 1 aromatic carbocycles. The van der Waals surface area contributed by atoms with Gasteiger partial charge in [-0.2, -0.15) is 0 Å². The Bertz CT molecular complexity index is 924. The average molecular weight is 428 g/mol. The highest BCUT2D eigenvalue weighted by Gasteiger charge is 2.55. The van der Waals surface area contributed by atoms with E-state index in [4.69, 9.17) is 0 Å². The molecule has 2 aliphatic heterocycles. The third-order valence-corrected chi connectivity index (χ3v) is 6.33. The van der Waals surface area contributed by atoms with Crippen LogP contribution in [-0.2, 0) is 17.8 Å². The zero-order valence-corrected chi connectivity index (χ0v) is 18.1. The van der Waals surface area contributed by atoms with Crippen LogP contribution in [0.5, 0.6) is 0 Å². The number of urea groups is 1. The molecule has 2 saturated heterocycles. The van der Waals surface area contributed by atoms with Gasteiger partial charge in [-0.25, -0.2) is 14.2 Å². The summed E-state index contributed by atoms with van der Waals surface area (Å²) in [6.45, 7) is 6.71. The van der Waals surface area contributed by atoms with Crippen LogP contribution >= 0.6 is 0 Å². The Morgan fingerprint density at radius 2 is 2.03 bits per heavy atom. The fourth-order valence-corrected chi connectivity index (χ4v) is 4.87. The predicted octanol–water partition coefficient (Wildman–Crippen LogP) is 2.95. The van der Waals surface area contributed by atoms with Crippen LogP contribution in [0.2, 0.25) is 0 Å². The van der Waals surface area contributed by atoms with Gasteiger partial charge in [0.15, 0.2) is 0 Å². The lowest BCUT2D eigenvalue weighted by molar-refractivity contribution is -0.134. The van der Waals surface area contributed by atoms with Crippen LogP contribution in [0.3, 0.4) is 0 Å². The number of piperidine rings is 1. The molecule has 1 atom stereocenters. The number of nitrogens with zero attached hydrogens (tertiary/aromatic N) is 3. The van der Waals surface area contributed by atoms with Gasteiger partial charge in [-0.05, 0) is 55.5 Å². The van der Waals surface area contributed by atoms with Crippen molar-refractivity contribution < 1.29 is 14.0 Å². The predicted molar refractivity (Wildman–Crippen MR) is 115 cm³/mol. The smallest absolute Gasteiger partial charge is 0.325 e. The summed E-state index contributed by atoms with van der Waals surface area (Å²) in [5.41, 5.74) is -0.311. The third kappa shape index (κ3) is 4.49. The number of aromatic amines is 1. The SMILES string of the molecule is CC(C)CN1C(=O)NC(Cc2cccc(F)c2)(C2CCN(Cc3ncc[nH]3)CC2)C1=O. The van der Waals surface area contributed by atoms with Crippen molar-refractivity contribution in [3.05, 3.63) is 53.9 Å². The molecule has 0 bridgehead atoms. The van der Waals surface area contributed by atoms with Crippen LogP contribution in [0.4, 0.5) is 9.18 Å². The van der Waals surface area contributed by atoms with Crippen molar-refractivity contribution in [2.45, 2.75) is 45.2 Å². The maximum absolute atomic E-state index is 13.9. The summed E-state index contributed by atoms with van der Waals surface area (Å²) in [5.74, 6) is 0.560. The van der Waals surface area contributed by atoms with Crippen molar-refractivity contribution in [1.82, 2.24) is 25.1 Å². The number of hydrogen-bond acceptors (Lipinski definition) is 4. The van der Waals surface area contributed by atoms with E-state index in [1.807, 2.05) is 26.1 Å². The van der Waals surface area contributed by atoms with Gasteiger partial charge in [0.2, 0.25) is 0 Å². The van der Waals surface area contributed by atoms with Crippen molar-refractivity contribution in [3.63, 3.8) is 0 Å². The fourth-order valence-electron chi connectivity index (χ4n) is 4.87. The molecule has 2 aromatic rings. The summed E-state index contributed by atoms with van der Waals surface area (Å²) in [6, 6.07) is 5.98. The minimum atomic E-state index is -1.03. The second kappa shape index (κ2) is 8.78. The molecule has 0 spiro atoms. The number of amides is 3. The van der Waals surface area contributed by atoms with Gasteiger partial charge in [-0.3, -0.25) is 14.6 Å². The van der Waals surface area contributed by atoms with E-state index in [9.17, 15) is 14.0 Å². The Balaban J connectivity index is 1.56. The maximum Gasteiger partial charge on any atom is 0.325 e. The van der Waals surface area contributed by atoms with Crippen LogP contribution in [-0.4, -0.2) is 56.9 Å². The van der Waals surface area contributed by atoms with Gasteiger partial charge in [0.25, 0.3) is 5.91 Å². The molecule has 31 heavy (non-hydrogen) atoms. The highest BCUT2D eigenvalue weighted by molar-refractivity contribution is 6.07. The first-order valence-electron chi connectivity index (χ1n) is 11.0. The van der Waals surface area contributed by atoms with Gasteiger partial charge in [0.1, 0.15) is 17.2 Å². The molecule has 3 heterocycles. The van der Waals surface area contributed by atoms with Gasteiger partial charge >= 0.3 is 6.03 Å². The first-order chi connectivity index (χ1) is 14.9. The first kappa shape index (κ1) is 21.5. The quantitative estimate of drug-likeness (QED) is 0.666. The second-order valence-electron chi connectivity index (χ2n) is 9.10. The molecule has 7 nitrogen and oxygen atoms in total. The van der Waals surface area contributed by atoms with E-state index in [1.165, 1.54) is 17.0 Å². The highest BCUT2D eigenvalue weighted by Crippen LogP contribution is 2.37. The normalized spacial score (nSPS) is 23.0. The number of imidazole rings is 1. The lowest BCUT2D eigenvalue weighted by Crippen LogP contribution is -2.57. The topological polar surface area (TPSA) is 81.3 Å². The Hall–Kier alpha value is -2.74. The lowest BCUT2D eigenvalue weighted by atomic mass is 9.74. The number of hydrogen-bond donors (Lipinski definition) is 2. The number of halogens is 1. The number of rotatable bonds is 7. The van der Waals surface area contributed by atoms with E-state index in [1.54, 1.807) is 12.3 Å². The Morgan fingerprint density at radius 3 is 2.68 bits per heavy atom. The third-order valence-electron chi connectivity index (χ3n) is 6.33. The van der Waals surface area contributed by atoms with Crippen LogP contribution in [0.25, 0.3) is 0 Å². The standard InChI is InChI=1S/C23H30FN5O2/c1-16(2)14-29-21(30)23(27-22(29)31,13-17-4-3-5-19(24)12-17)18-6-10-28(11-7-18)15-20-25-8-9-26-20/h3-5,8-9,12,16,18H,6-7,10-11,13-15H2,1-2H3,(H,25,26)(H,27,31). The van der Waals surface area contributed by atoms with Crippen molar-refractivity contribution in [2.75, 3.05) is 19.6 Å². The minimum Gasteiger partial charge on any atom is -0.348 e. The number of likely N-dealkylation sites (tertiary alicyclic amines) is 1. The van der Waals surface area contributed by atoms with Crippen LogP contribution in [0.1, 0.15) is 38.1 Å². The van der Waals surface area contributed by atoms with E-state index in [-0.39, 0.29) is 29.6 Å². The molecule has 2 N–H and O–H groups in total. The Labute approximate surface area is 182 Å². The highest BCUT2D eigenvalue weighted by atomic mass is 19.1. The molecule has 4 rings (SSSR count). The molecule has 8 heteroatoms. The largest absolute Gasteiger partial charge is 0.348 e. The van der Waals surface area contributed by atoms with Crippen molar-refractivity contribution >= 4 is 11.9 Å². The molecule has 166 valence electrons. The number of imide groups is 1. The lowest BCUT2D eigenvalue weighted by Gasteiger charge is -2.41. The second-order valence-corrected chi connectivity index (χ2v) is 9.10. The number of nitrogens with one attached hydrogen (secondary N) is 2. The molecule has 1 aromatic heterocycles. The molecular formula is C23H30FN5O2. The van der Waals surface area contributed by atoms with Crippen LogP contribution in [0.15, 0.2) is 36.7 Å². The summed E-state index contributed by atoms with van der Waals surface area (Å²) < 4.78 is 13.9. The number of benzene rings is 1. The zero-order chi connectivity index (χ0) is 22.0. The molecular weight excluding hydrogens is 397 g/mol. The van der Waals surface area contributed by atoms with E-state index in [2.05, 4.69) is 20.2 Å². The average Bonchev–Trinajstić information content (AvgIpc) is 3.31. The number of H-pyrrole nitrogens is 1. The van der Waals surface area contributed by atoms with Crippen molar-refractivity contribution in [2.24, 2.45) is 11.8 Å². The van der Waals surface area contributed by atoms with Gasteiger partial charge < -0.3 is 10.3 Å². The molecule has 0 radical (unpaired) electrons. The summed E-state index contributed by atoms with van der Waals surface area (Å²) >= 11 is 0. The molecule has 1 unspecified atom stereocenters. The van der Waals surface area contributed by atoms with E-state index < -0.39 is 5.54 Å².